The summed E-state index contributed by atoms with van der Waals surface area (Å²) in [5.74, 6) is -1.25. The fourth-order valence-electron chi connectivity index (χ4n) is 1.18. The third-order valence-electron chi connectivity index (χ3n) is 2.01. The van der Waals surface area contributed by atoms with E-state index >= 15 is 0 Å². The van der Waals surface area contributed by atoms with Crippen LogP contribution in [0.25, 0.3) is 0 Å². The van der Waals surface area contributed by atoms with Crippen molar-refractivity contribution in [3.05, 3.63) is 29.3 Å². The number of nitrogens with one attached hydrogen (secondary N) is 1. The Hall–Kier alpha value is -1.77. The van der Waals surface area contributed by atoms with Gasteiger partial charge in [-0.2, -0.15) is 21.6 Å². The Morgan fingerprint density at radius 3 is 2.28 bits per heavy atom. The second-order valence-corrected chi connectivity index (χ2v) is 5.06. The fraction of sp³-hybridized carbons (Fsp3) is 0.222. The number of carboxylic acid groups (broad SMARTS) is 1. The summed E-state index contributed by atoms with van der Waals surface area (Å²) in [7, 11) is -5.50. The van der Waals surface area contributed by atoms with Gasteiger partial charge in [0.15, 0.2) is 0 Å². The molecule has 0 atom stereocenters. The lowest BCUT2D eigenvalue weighted by Crippen LogP contribution is -2.29. The van der Waals surface area contributed by atoms with Crippen LogP contribution in [0.5, 0.6) is 0 Å². The van der Waals surface area contributed by atoms with Gasteiger partial charge in [0.25, 0.3) is 0 Å². The van der Waals surface area contributed by atoms with E-state index in [1.165, 1.54) is 11.6 Å². The maximum absolute atomic E-state index is 12.1. The molecule has 0 saturated carbocycles. The van der Waals surface area contributed by atoms with E-state index in [0.29, 0.717) is 0 Å². The molecule has 0 heterocycles. The molecule has 2 N–H and O–H groups in total. The van der Waals surface area contributed by atoms with E-state index in [4.69, 9.17) is 5.11 Å². The number of rotatable bonds is 3. The first-order valence-electron chi connectivity index (χ1n) is 4.47. The van der Waals surface area contributed by atoms with E-state index in [-0.39, 0.29) is 16.8 Å². The molecule has 0 aliphatic heterocycles. The number of sulfonamides is 1. The van der Waals surface area contributed by atoms with E-state index in [9.17, 15) is 26.4 Å². The number of benzene rings is 1. The highest BCUT2D eigenvalue weighted by molar-refractivity contribution is 7.93. The summed E-state index contributed by atoms with van der Waals surface area (Å²) in [5.41, 5.74) is -5.75. The van der Waals surface area contributed by atoms with Gasteiger partial charge in [0.1, 0.15) is 0 Å². The second kappa shape index (κ2) is 4.48. The zero-order chi connectivity index (χ0) is 14.1. The van der Waals surface area contributed by atoms with Crippen LogP contribution >= 0.6 is 0 Å². The SMILES string of the molecule is Cc1cc(NS(=O)(=O)C(F)(F)F)ccc1C(=O)O. The van der Waals surface area contributed by atoms with Gasteiger partial charge in [-0.25, -0.2) is 4.79 Å². The van der Waals surface area contributed by atoms with Gasteiger partial charge < -0.3 is 5.11 Å². The summed E-state index contributed by atoms with van der Waals surface area (Å²) >= 11 is 0. The molecule has 100 valence electrons. The van der Waals surface area contributed by atoms with Crippen molar-refractivity contribution in [1.82, 2.24) is 0 Å². The molecule has 0 spiro atoms. The summed E-state index contributed by atoms with van der Waals surface area (Å²) in [6.45, 7) is 1.34. The number of carbonyl (C=O) groups is 1. The van der Waals surface area contributed by atoms with Crippen molar-refractivity contribution in [2.45, 2.75) is 12.4 Å². The lowest BCUT2D eigenvalue weighted by molar-refractivity contribution is -0.0429. The van der Waals surface area contributed by atoms with Crippen LogP contribution in [-0.4, -0.2) is 25.0 Å². The van der Waals surface area contributed by atoms with Crippen LogP contribution in [0.4, 0.5) is 18.9 Å². The van der Waals surface area contributed by atoms with Crippen molar-refractivity contribution in [3.63, 3.8) is 0 Å². The second-order valence-electron chi connectivity index (χ2n) is 3.39. The maximum atomic E-state index is 12.1. The minimum absolute atomic E-state index is 0.120. The van der Waals surface area contributed by atoms with Crippen molar-refractivity contribution in [1.29, 1.82) is 0 Å². The standard InChI is InChI=1S/C9H8F3NO4S/c1-5-4-6(2-3-7(5)8(14)15)13-18(16,17)9(10,11)12/h2-4,13H,1H3,(H,14,15). The molecule has 18 heavy (non-hydrogen) atoms. The van der Waals surface area contributed by atoms with E-state index in [2.05, 4.69) is 0 Å². The van der Waals surface area contributed by atoms with Crippen molar-refractivity contribution in [3.8, 4) is 0 Å². The van der Waals surface area contributed by atoms with Crippen molar-refractivity contribution < 1.29 is 31.5 Å². The van der Waals surface area contributed by atoms with Gasteiger partial charge in [-0.1, -0.05) is 0 Å². The highest BCUT2D eigenvalue weighted by atomic mass is 32.2. The van der Waals surface area contributed by atoms with Gasteiger partial charge in [0.05, 0.1) is 5.56 Å². The molecule has 0 radical (unpaired) electrons. The average molecular weight is 283 g/mol. The molecule has 0 aromatic heterocycles. The average Bonchev–Trinajstić information content (AvgIpc) is 2.14. The summed E-state index contributed by atoms with van der Waals surface area (Å²) in [4.78, 5) is 10.7. The summed E-state index contributed by atoms with van der Waals surface area (Å²) in [5, 5.41) is 8.70. The summed E-state index contributed by atoms with van der Waals surface area (Å²) in [6, 6.07) is 2.97. The Morgan fingerprint density at radius 2 is 1.89 bits per heavy atom. The third-order valence-corrected chi connectivity index (χ3v) is 3.13. The molecule has 9 heteroatoms. The number of aromatic carboxylic acids is 1. The molecule has 0 aliphatic carbocycles. The van der Waals surface area contributed by atoms with Gasteiger partial charge in [-0.05, 0) is 30.7 Å². The molecule has 0 saturated heterocycles. The van der Waals surface area contributed by atoms with E-state index in [0.717, 1.165) is 18.2 Å². The zero-order valence-corrected chi connectivity index (χ0v) is 9.76. The number of anilines is 1. The molecule has 1 rings (SSSR count). The Kier molecular flexibility index (Phi) is 3.56. The molecular weight excluding hydrogens is 275 g/mol. The number of aryl methyl sites for hydroxylation is 1. The summed E-state index contributed by atoms with van der Waals surface area (Å²) in [6.07, 6.45) is 0. The van der Waals surface area contributed by atoms with E-state index in [1.54, 1.807) is 0 Å². The Labute approximate surface area is 100 Å². The van der Waals surface area contributed by atoms with Crippen molar-refractivity contribution >= 4 is 21.7 Å². The summed E-state index contributed by atoms with van der Waals surface area (Å²) < 4.78 is 59.2. The fourth-order valence-corrected chi connectivity index (χ4v) is 1.73. The van der Waals surface area contributed by atoms with E-state index in [1.807, 2.05) is 0 Å². The predicted molar refractivity (Wildman–Crippen MR) is 56.7 cm³/mol. The maximum Gasteiger partial charge on any atom is 0.516 e. The van der Waals surface area contributed by atoms with Gasteiger partial charge in [0.2, 0.25) is 0 Å². The lowest BCUT2D eigenvalue weighted by atomic mass is 10.1. The number of alkyl halides is 3. The molecule has 0 fully saturated rings. The first-order chi connectivity index (χ1) is 8.04. The Morgan fingerprint density at radius 1 is 1.33 bits per heavy atom. The van der Waals surface area contributed by atoms with Gasteiger partial charge >= 0.3 is 21.5 Å². The lowest BCUT2D eigenvalue weighted by Gasteiger charge is -2.11. The molecule has 0 amide bonds. The van der Waals surface area contributed by atoms with Crippen molar-refractivity contribution in [2.75, 3.05) is 4.72 Å². The molecule has 0 aliphatic rings. The quantitative estimate of drug-likeness (QED) is 0.888. The van der Waals surface area contributed by atoms with Crippen molar-refractivity contribution in [2.24, 2.45) is 0 Å². The number of halogens is 3. The van der Waals surface area contributed by atoms with Crippen LogP contribution in [0.15, 0.2) is 18.2 Å². The van der Waals surface area contributed by atoms with E-state index < -0.39 is 21.5 Å². The molecule has 5 nitrogen and oxygen atoms in total. The monoisotopic (exact) mass is 283 g/mol. The molecule has 0 bridgehead atoms. The highest BCUT2D eigenvalue weighted by Gasteiger charge is 2.46. The molecular formula is C9H8F3NO4S. The van der Waals surface area contributed by atoms with Crippen LogP contribution in [0.3, 0.4) is 0 Å². The third kappa shape index (κ3) is 2.92. The van der Waals surface area contributed by atoms with Crippen LogP contribution < -0.4 is 4.72 Å². The predicted octanol–water partition coefficient (Wildman–Crippen LogP) is 1.95. The normalized spacial score (nSPS) is 12.2. The number of hydrogen-bond acceptors (Lipinski definition) is 3. The zero-order valence-electron chi connectivity index (χ0n) is 8.95. The largest absolute Gasteiger partial charge is 0.516 e. The van der Waals surface area contributed by atoms with Crippen LogP contribution in [0.2, 0.25) is 0 Å². The first-order valence-corrected chi connectivity index (χ1v) is 5.96. The molecule has 1 aromatic rings. The topological polar surface area (TPSA) is 83.5 Å². The van der Waals surface area contributed by atoms with Crippen LogP contribution in [0, 0.1) is 6.92 Å². The number of hydrogen-bond donors (Lipinski definition) is 2. The van der Waals surface area contributed by atoms with Gasteiger partial charge in [-0.3, -0.25) is 4.72 Å². The smallest absolute Gasteiger partial charge is 0.478 e. The Balaban J connectivity index is 3.09. The minimum Gasteiger partial charge on any atom is -0.478 e. The Bertz CT molecular complexity index is 580. The minimum atomic E-state index is -5.50. The highest BCUT2D eigenvalue weighted by Crippen LogP contribution is 2.26. The van der Waals surface area contributed by atoms with Gasteiger partial charge in [-0.15, -0.1) is 0 Å². The van der Waals surface area contributed by atoms with Crippen LogP contribution in [0.1, 0.15) is 15.9 Å². The molecule has 1 aromatic carbocycles. The first kappa shape index (κ1) is 14.3. The number of carboxylic acids is 1. The molecule has 0 unspecified atom stereocenters. The van der Waals surface area contributed by atoms with Gasteiger partial charge in [0, 0.05) is 5.69 Å². The van der Waals surface area contributed by atoms with Crippen LogP contribution in [-0.2, 0) is 10.0 Å².